The quantitative estimate of drug-likeness (QED) is 0.653. The van der Waals surface area contributed by atoms with Gasteiger partial charge in [0.25, 0.3) is 0 Å². The molecule has 0 spiro atoms. The van der Waals surface area contributed by atoms with E-state index < -0.39 is 0 Å². The van der Waals surface area contributed by atoms with Crippen molar-refractivity contribution >= 4 is 15.0 Å². The van der Waals surface area contributed by atoms with Crippen LogP contribution in [0.25, 0.3) is 0 Å². The molecule has 13 heavy (non-hydrogen) atoms. The normalized spacial score (nSPS) is 5.85. The second-order valence-corrected chi connectivity index (χ2v) is 3.50. The van der Waals surface area contributed by atoms with E-state index in [4.69, 9.17) is 10.5 Å². The fourth-order valence-electron chi connectivity index (χ4n) is 0.385. The number of nitriles is 2. The number of nitrogens with zero attached hydrogens (tertiary/aromatic N) is 2. The van der Waals surface area contributed by atoms with Gasteiger partial charge >= 0.3 is 26.6 Å². The number of benzene rings is 1. The largest absolute Gasteiger partial charge is 0.181 e. The van der Waals surface area contributed by atoms with Gasteiger partial charge in [-0.15, -0.1) is 0 Å². The number of rotatable bonds is 0. The van der Waals surface area contributed by atoms with Gasteiger partial charge in [0, 0.05) is 0 Å². The molecule has 0 amide bonds. The number of hydrogen-bond acceptors (Lipinski definition) is 2. The standard InChI is InChI=1S/C6H6.C2N2.C2H6Se/c1-2-4-6-5-3-1;3-1-2-4;1-3-2/h1-6H;;1-2H3. The fourth-order valence-corrected chi connectivity index (χ4v) is 0.385. The predicted octanol–water partition coefficient (Wildman–Crippen LogP) is 2.51. The summed E-state index contributed by atoms with van der Waals surface area (Å²) in [6.45, 7) is 0. The molecule has 0 aliphatic carbocycles. The third kappa shape index (κ3) is 24.9. The van der Waals surface area contributed by atoms with Gasteiger partial charge < -0.3 is 0 Å². The molecule has 0 fully saturated rings. The van der Waals surface area contributed by atoms with Crippen LogP contribution in [0.15, 0.2) is 36.4 Å². The molecule has 0 aromatic heterocycles. The molecule has 1 rings (SSSR count). The minimum absolute atomic E-state index is 0.875. The Balaban J connectivity index is 0. The Labute approximate surface area is 86.0 Å². The van der Waals surface area contributed by atoms with E-state index >= 15 is 0 Å². The molecule has 1 aromatic carbocycles. The van der Waals surface area contributed by atoms with E-state index in [1.165, 1.54) is 12.1 Å². The van der Waals surface area contributed by atoms with Crippen LogP contribution in [0.2, 0.25) is 11.6 Å². The Morgan fingerprint density at radius 2 is 0.923 bits per heavy atom. The smallest absolute Gasteiger partial charge is 0.181 e. The first-order valence-electron chi connectivity index (χ1n) is 3.51. The summed E-state index contributed by atoms with van der Waals surface area (Å²) < 4.78 is 0. The van der Waals surface area contributed by atoms with Gasteiger partial charge in [-0.3, -0.25) is 0 Å². The van der Waals surface area contributed by atoms with Gasteiger partial charge in [0.1, 0.15) is 0 Å². The molecule has 0 atom stereocenters. The molecule has 3 heteroatoms. The van der Waals surface area contributed by atoms with E-state index in [0.717, 1.165) is 15.0 Å². The molecule has 2 nitrogen and oxygen atoms in total. The van der Waals surface area contributed by atoms with Crippen molar-refractivity contribution in [2.75, 3.05) is 0 Å². The average Bonchev–Trinajstić information content (AvgIpc) is 2.22. The van der Waals surface area contributed by atoms with E-state index in [0.29, 0.717) is 0 Å². The van der Waals surface area contributed by atoms with Gasteiger partial charge in [0.15, 0.2) is 12.1 Å². The van der Waals surface area contributed by atoms with Crippen LogP contribution in [0.4, 0.5) is 0 Å². The van der Waals surface area contributed by atoms with Gasteiger partial charge in [-0.25, -0.2) is 0 Å². The van der Waals surface area contributed by atoms with Crippen molar-refractivity contribution in [1.82, 2.24) is 0 Å². The van der Waals surface area contributed by atoms with E-state index in [1.54, 1.807) is 0 Å². The van der Waals surface area contributed by atoms with Crippen LogP contribution in [0.5, 0.6) is 0 Å². The van der Waals surface area contributed by atoms with Gasteiger partial charge in [0.2, 0.25) is 0 Å². The fraction of sp³-hybridized carbons (Fsp3) is 0.200. The zero-order chi connectivity index (χ0) is 10.4. The molecule has 68 valence electrons. The monoisotopic (exact) mass is 240 g/mol. The van der Waals surface area contributed by atoms with Crippen molar-refractivity contribution in [3.8, 4) is 12.1 Å². The molecule has 0 saturated heterocycles. The molecule has 0 radical (unpaired) electrons. The first kappa shape index (κ1) is 14.3. The minimum Gasteiger partial charge on any atom is -0.181 e. The summed E-state index contributed by atoms with van der Waals surface area (Å²) in [6.07, 6.45) is 0. The van der Waals surface area contributed by atoms with Crippen LogP contribution in [-0.4, -0.2) is 15.0 Å². The van der Waals surface area contributed by atoms with Crippen LogP contribution in [-0.2, 0) is 0 Å². The van der Waals surface area contributed by atoms with Crippen molar-refractivity contribution in [3.05, 3.63) is 36.4 Å². The van der Waals surface area contributed by atoms with Gasteiger partial charge in [-0.05, 0) is 0 Å². The molecular weight excluding hydrogens is 227 g/mol. The Morgan fingerprint density at radius 1 is 0.769 bits per heavy atom. The Morgan fingerprint density at radius 3 is 1.00 bits per heavy atom. The van der Waals surface area contributed by atoms with Crippen LogP contribution >= 0.6 is 0 Å². The van der Waals surface area contributed by atoms with Crippen molar-refractivity contribution in [2.45, 2.75) is 11.6 Å². The maximum Gasteiger partial charge on any atom is 0.181 e. The van der Waals surface area contributed by atoms with E-state index in [2.05, 4.69) is 11.6 Å². The van der Waals surface area contributed by atoms with E-state index in [1.807, 2.05) is 36.4 Å². The molecule has 0 aliphatic rings. The molecule has 0 heterocycles. The summed E-state index contributed by atoms with van der Waals surface area (Å²) in [4.78, 5) is 0. The van der Waals surface area contributed by atoms with Crippen molar-refractivity contribution < 1.29 is 0 Å². The summed E-state index contributed by atoms with van der Waals surface area (Å²) >= 11 is 0.875. The second-order valence-electron chi connectivity index (χ2n) is 1.79. The van der Waals surface area contributed by atoms with Gasteiger partial charge in [0.05, 0.1) is 0 Å². The molecule has 1 aromatic rings. The van der Waals surface area contributed by atoms with Crippen LogP contribution in [0.3, 0.4) is 0 Å². The molecule has 0 bridgehead atoms. The summed E-state index contributed by atoms with van der Waals surface area (Å²) in [5.74, 6) is 4.38. The Kier molecular flexibility index (Phi) is 18.6. The van der Waals surface area contributed by atoms with Crippen LogP contribution < -0.4 is 0 Å². The first-order chi connectivity index (χ1) is 6.33. The zero-order valence-corrected chi connectivity index (χ0v) is 9.48. The molecule has 0 unspecified atom stereocenters. The first-order valence-corrected chi connectivity index (χ1v) is 6.94. The Hall–Kier alpha value is -1.28. The average molecular weight is 239 g/mol. The summed E-state index contributed by atoms with van der Waals surface area (Å²) in [5, 5.41) is 14.5. The predicted molar refractivity (Wildman–Crippen MR) is 55.2 cm³/mol. The maximum absolute atomic E-state index is 7.26. The SMILES string of the molecule is C[Se]C.N#CC#N.c1ccccc1. The molecule has 0 saturated carbocycles. The molecule has 0 N–H and O–H groups in total. The second kappa shape index (κ2) is 17.0. The van der Waals surface area contributed by atoms with Crippen LogP contribution in [0, 0.1) is 22.7 Å². The summed E-state index contributed by atoms with van der Waals surface area (Å²) in [7, 11) is 0. The summed E-state index contributed by atoms with van der Waals surface area (Å²) in [6, 6.07) is 14.5. The topological polar surface area (TPSA) is 47.6 Å². The molecular formula is C10H12N2Se. The summed E-state index contributed by atoms with van der Waals surface area (Å²) in [5.41, 5.74) is 0. The zero-order valence-electron chi connectivity index (χ0n) is 7.77. The molecule has 0 aliphatic heterocycles. The Bertz CT molecular complexity index is 207. The van der Waals surface area contributed by atoms with Crippen molar-refractivity contribution in [1.29, 1.82) is 10.5 Å². The van der Waals surface area contributed by atoms with Gasteiger partial charge in [-0.1, -0.05) is 36.4 Å². The van der Waals surface area contributed by atoms with Crippen molar-refractivity contribution in [3.63, 3.8) is 0 Å². The minimum atomic E-state index is 0.875. The van der Waals surface area contributed by atoms with E-state index in [-0.39, 0.29) is 0 Å². The third-order valence-corrected chi connectivity index (χ3v) is 0.717. The van der Waals surface area contributed by atoms with Crippen molar-refractivity contribution in [2.24, 2.45) is 0 Å². The third-order valence-electron chi connectivity index (χ3n) is 0.717. The van der Waals surface area contributed by atoms with E-state index in [9.17, 15) is 0 Å². The van der Waals surface area contributed by atoms with Gasteiger partial charge in [-0.2, -0.15) is 10.5 Å². The maximum atomic E-state index is 7.26. The van der Waals surface area contributed by atoms with Crippen LogP contribution in [0.1, 0.15) is 0 Å². The number of hydrogen-bond donors (Lipinski definition) is 0.